The molecule has 23 heavy (non-hydrogen) atoms. The van der Waals surface area contributed by atoms with E-state index in [2.05, 4.69) is 5.16 Å². The van der Waals surface area contributed by atoms with Gasteiger partial charge in [0.15, 0.2) is 11.5 Å². The van der Waals surface area contributed by atoms with E-state index in [0.29, 0.717) is 36.7 Å². The lowest BCUT2D eigenvalue weighted by Crippen LogP contribution is -2.40. The first kappa shape index (κ1) is 15.6. The fourth-order valence-electron chi connectivity index (χ4n) is 2.62. The Labute approximate surface area is 137 Å². The summed E-state index contributed by atoms with van der Waals surface area (Å²) in [6.45, 7) is 0.831. The Morgan fingerprint density at radius 3 is 2.48 bits per heavy atom. The summed E-state index contributed by atoms with van der Waals surface area (Å²) in [6, 6.07) is 8.63. The minimum atomic E-state index is -0.802. The first-order valence-electron chi connectivity index (χ1n) is 7.29. The highest BCUT2D eigenvalue weighted by Gasteiger charge is 2.28. The lowest BCUT2D eigenvalue weighted by Gasteiger charge is -2.29. The Morgan fingerprint density at radius 2 is 1.87 bits per heavy atom. The minimum absolute atomic E-state index is 0.226. The fraction of sp³-hybridized carbons (Fsp3) is 0.312. The molecule has 0 bridgehead atoms. The van der Waals surface area contributed by atoms with Crippen molar-refractivity contribution in [1.82, 2.24) is 10.1 Å². The molecule has 1 aliphatic rings. The van der Waals surface area contributed by atoms with Crippen molar-refractivity contribution in [3.63, 3.8) is 0 Å². The molecule has 0 radical (unpaired) electrons. The maximum atomic E-state index is 12.4. The highest BCUT2D eigenvalue weighted by Crippen LogP contribution is 2.24. The largest absolute Gasteiger partial charge is 0.481 e. The van der Waals surface area contributed by atoms with Crippen LogP contribution in [0.5, 0.6) is 0 Å². The van der Waals surface area contributed by atoms with Crippen LogP contribution in [0.4, 0.5) is 0 Å². The van der Waals surface area contributed by atoms with Gasteiger partial charge in [-0.25, -0.2) is 0 Å². The summed E-state index contributed by atoms with van der Waals surface area (Å²) in [4.78, 5) is 25.0. The van der Waals surface area contributed by atoms with E-state index >= 15 is 0 Å². The zero-order chi connectivity index (χ0) is 16.4. The molecule has 0 spiro atoms. The lowest BCUT2D eigenvalue weighted by atomic mass is 9.97. The highest BCUT2D eigenvalue weighted by molar-refractivity contribution is 6.30. The van der Waals surface area contributed by atoms with E-state index in [0.717, 1.165) is 5.56 Å². The number of likely N-dealkylation sites (tertiary alicyclic amines) is 1. The minimum Gasteiger partial charge on any atom is -0.481 e. The number of carboxylic acid groups (broad SMARTS) is 1. The van der Waals surface area contributed by atoms with Gasteiger partial charge in [0, 0.05) is 29.7 Å². The first-order chi connectivity index (χ1) is 11.0. The summed E-state index contributed by atoms with van der Waals surface area (Å²) in [7, 11) is 0. The van der Waals surface area contributed by atoms with Crippen LogP contribution < -0.4 is 0 Å². The van der Waals surface area contributed by atoms with Crippen molar-refractivity contribution in [1.29, 1.82) is 0 Å². The van der Waals surface area contributed by atoms with Crippen LogP contribution in [0.3, 0.4) is 0 Å². The third-order valence-corrected chi connectivity index (χ3v) is 4.24. The molecule has 1 fully saturated rings. The van der Waals surface area contributed by atoms with Crippen LogP contribution in [0, 0.1) is 5.92 Å². The van der Waals surface area contributed by atoms with E-state index in [1.54, 1.807) is 35.2 Å². The molecule has 0 saturated carbocycles. The standard InChI is InChI=1S/C16H15ClN2O4/c17-12-3-1-10(2-4-12)14-9-13(18-23-14)15(20)19-7-5-11(6-8-19)16(21)22/h1-4,9,11H,5-8H2,(H,21,22). The quantitative estimate of drug-likeness (QED) is 0.933. The van der Waals surface area contributed by atoms with E-state index in [1.807, 2.05) is 0 Å². The maximum absolute atomic E-state index is 12.4. The van der Waals surface area contributed by atoms with Crippen LogP contribution in [-0.4, -0.2) is 40.1 Å². The summed E-state index contributed by atoms with van der Waals surface area (Å²) in [5, 5.41) is 13.4. The van der Waals surface area contributed by atoms with Crippen molar-refractivity contribution in [3.05, 3.63) is 41.0 Å². The molecule has 2 aromatic rings. The molecular formula is C16H15ClN2O4. The number of carboxylic acids is 1. The predicted octanol–water partition coefficient (Wildman–Crippen LogP) is 2.93. The summed E-state index contributed by atoms with van der Waals surface area (Å²) in [5.41, 5.74) is 1.01. The number of rotatable bonds is 3. The van der Waals surface area contributed by atoms with Crippen LogP contribution >= 0.6 is 11.6 Å². The number of halogens is 1. The van der Waals surface area contributed by atoms with Crippen LogP contribution in [0.2, 0.25) is 5.02 Å². The van der Waals surface area contributed by atoms with E-state index in [1.165, 1.54) is 0 Å². The molecule has 0 atom stereocenters. The molecule has 3 rings (SSSR count). The summed E-state index contributed by atoms with van der Waals surface area (Å²) < 4.78 is 5.23. The van der Waals surface area contributed by atoms with Gasteiger partial charge < -0.3 is 14.5 Å². The second-order valence-corrected chi connectivity index (χ2v) is 5.92. The number of carbonyl (C=O) groups is 2. The van der Waals surface area contributed by atoms with Gasteiger partial charge in [-0.05, 0) is 37.1 Å². The molecule has 1 aromatic heterocycles. The van der Waals surface area contributed by atoms with Gasteiger partial charge in [0.2, 0.25) is 0 Å². The summed E-state index contributed by atoms with van der Waals surface area (Å²) in [6.07, 6.45) is 0.923. The van der Waals surface area contributed by atoms with Gasteiger partial charge >= 0.3 is 5.97 Å². The molecule has 1 aliphatic heterocycles. The predicted molar refractivity (Wildman–Crippen MR) is 83.2 cm³/mol. The number of piperidine rings is 1. The Bertz CT molecular complexity index is 718. The second-order valence-electron chi connectivity index (χ2n) is 5.49. The van der Waals surface area contributed by atoms with E-state index in [9.17, 15) is 9.59 Å². The van der Waals surface area contributed by atoms with Crippen molar-refractivity contribution in [3.8, 4) is 11.3 Å². The zero-order valence-electron chi connectivity index (χ0n) is 12.2. The van der Waals surface area contributed by atoms with Gasteiger partial charge in [0.25, 0.3) is 5.91 Å². The molecule has 1 saturated heterocycles. The smallest absolute Gasteiger partial charge is 0.306 e. The molecule has 2 heterocycles. The number of hydrogen-bond donors (Lipinski definition) is 1. The lowest BCUT2D eigenvalue weighted by molar-refractivity contribution is -0.143. The van der Waals surface area contributed by atoms with Crippen LogP contribution in [0.25, 0.3) is 11.3 Å². The Kier molecular flexibility index (Phi) is 4.34. The van der Waals surface area contributed by atoms with Crippen LogP contribution in [0.1, 0.15) is 23.3 Å². The third-order valence-electron chi connectivity index (χ3n) is 3.99. The van der Waals surface area contributed by atoms with Gasteiger partial charge in [-0.3, -0.25) is 9.59 Å². The van der Waals surface area contributed by atoms with Crippen molar-refractivity contribution < 1.29 is 19.2 Å². The fourth-order valence-corrected chi connectivity index (χ4v) is 2.74. The Balaban J connectivity index is 1.69. The average Bonchev–Trinajstić information content (AvgIpc) is 3.05. The van der Waals surface area contributed by atoms with Crippen LogP contribution in [-0.2, 0) is 4.79 Å². The monoisotopic (exact) mass is 334 g/mol. The molecule has 120 valence electrons. The number of aromatic nitrogens is 1. The molecule has 1 N–H and O–H groups in total. The normalized spacial score (nSPS) is 15.6. The number of hydrogen-bond acceptors (Lipinski definition) is 4. The number of carbonyl (C=O) groups excluding carboxylic acids is 1. The topological polar surface area (TPSA) is 83.6 Å². The van der Waals surface area contributed by atoms with Gasteiger partial charge in [-0.2, -0.15) is 0 Å². The third kappa shape index (κ3) is 3.37. The van der Waals surface area contributed by atoms with Gasteiger partial charge in [0.05, 0.1) is 5.92 Å². The van der Waals surface area contributed by atoms with Gasteiger partial charge in [-0.1, -0.05) is 16.8 Å². The molecule has 6 nitrogen and oxygen atoms in total. The first-order valence-corrected chi connectivity index (χ1v) is 7.67. The molecule has 1 aromatic carbocycles. The molecular weight excluding hydrogens is 320 g/mol. The van der Waals surface area contributed by atoms with Crippen molar-refractivity contribution >= 4 is 23.5 Å². The average molecular weight is 335 g/mol. The Hall–Kier alpha value is -2.34. The van der Waals surface area contributed by atoms with Gasteiger partial charge in [-0.15, -0.1) is 0 Å². The summed E-state index contributed by atoms with van der Waals surface area (Å²) in [5.74, 6) is -0.923. The van der Waals surface area contributed by atoms with E-state index in [-0.39, 0.29) is 17.5 Å². The van der Waals surface area contributed by atoms with Crippen molar-refractivity contribution in [2.45, 2.75) is 12.8 Å². The highest BCUT2D eigenvalue weighted by atomic mass is 35.5. The SMILES string of the molecule is O=C(O)C1CCN(C(=O)c2cc(-c3ccc(Cl)cc3)on2)CC1. The number of benzene rings is 1. The van der Waals surface area contributed by atoms with Crippen molar-refractivity contribution in [2.75, 3.05) is 13.1 Å². The second kappa shape index (κ2) is 6.42. The van der Waals surface area contributed by atoms with Crippen LogP contribution in [0.15, 0.2) is 34.9 Å². The number of aliphatic carboxylic acids is 1. The Morgan fingerprint density at radius 1 is 1.22 bits per heavy atom. The zero-order valence-corrected chi connectivity index (χ0v) is 13.0. The van der Waals surface area contributed by atoms with E-state index < -0.39 is 5.97 Å². The molecule has 1 amide bonds. The van der Waals surface area contributed by atoms with Gasteiger partial charge in [0.1, 0.15) is 0 Å². The molecule has 0 unspecified atom stereocenters. The number of nitrogens with zero attached hydrogens (tertiary/aromatic N) is 2. The molecule has 7 heteroatoms. The summed E-state index contributed by atoms with van der Waals surface area (Å²) >= 11 is 5.84. The van der Waals surface area contributed by atoms with E-state index in [4.69, 9.17) is 21.2 Å². The van der Waals surface area contributed by atoms with Crippen molar-refractivity contribution in [2.24, 2.45) is 5.92 Å². The number of amides is 1. The maximum Gasteiger partial charge on any atom is 0.306 e. The molecule has 0 aliphatic carbocycles.